The topological polar surface area (TPSA) is 44.5 Å². The van der Waals surface area contributed by atoms with Crippen LogP contribution in [0.2, 0.25) is 0 Å². The fourth-order valence-corrected chi connectivity index (χ4v) is 2.90. The van der Waals surface area contributed by atoms with Crippen LogP contribution in [0.3, 0.4) is 0 Å². The van der Waals surface area contributed by atoms with E-state index in [1.165, 1.54) is 12.3 Å². The van der Waals surface area contributed by atoms with Crippen LogP contribution < -0.4 is 9.47 Å². The van der Waals surface area contributed by atoms with Crippen LogP contribution in [0, 0.1) is 5.82 Å². The first-order valence-electron chi connectivity index (χ1n) is 8.12. The normalized spacial score (nSPS) is 11.2. The minimum atomic E-state index is -0.452. The maximum atomic E-state index is 14.1. The lowest BCUT2D eigenvalue weighted by molar-refractivity contribution is 0.292. The second-order valence-electron chi connectivity index (χ2n) is 5.68. The van der Waals surface area contributed by atoms with Gasteiger partial charge in [0, 0.05) is 22.2 Å². The van der Waals surface area contributed by atoms with Gasteiger partial charge in [-0.25, -0.2) is 4.39 Å². The van der Waals surface area contributed by atoms with Gasteiger partial charge in [-0.1, -0.05) is 34.1 Å². The van der Waals surface area contributed by atoms with Crippen LogP contribution in [-0.4, -0.2) is 16.9 Å². The monoisotopic (exact) mass is 415 g/mol. The molecule has 0 aliphatic heterocycles. The number of alkyl halides is 1. The van der Waals surface area contributed by atoms with Crippen LogP contribution in [0.5, 0.6) is 11.5 Å². The Balaban J connectivity index is 1.53. The van der Waals surface area contributed by atoms with Crippen molar-refractivity contribution in [3.8, 4) is 11.5 Å². The SMILES string of the molecule is Fc1cc(OCCBr)cnc1COc1ccc2oc3ccccc3c2c1. The van der Waals surface area contributed by atoms with Crippen LogP contribution >= 0.6 is 15.9 Å². The quantitative estimate of drug-likeness (QED) is 0.391. The summed E-state index contributed by atoms with van der Waals surface area (Å²) < 4.78 is 31.0. The van der Waals surface area contributed by atoms with E-state index in [2.05, 4.69) is 20.9 Å². The summed E-state index contributed by atoms with van der Waals surface area (Å²) in [4.78, 5) is 4.09. The maximum absolute atomic E-state index is 14.1. The fourth-order valence-electron chi connectivity index (χ4n) is 2.74. The molecule has 0 aliphatic carbocycles. The molecule has 0 unspecified atom stereocenters. The molecule has 4 aromatic rings. The van der Waals surface area contributed by atoms with E-state index in [-0.39, 0.29) is 12.3 Å². The third-order valence-corrected chi connectivity index (χ3v) is 4.29. The van der Waals surface area contributed by atoms with Crippen LogP contribution in [-0.2, 0) is 6.61 Å². The van der Waals surface area contributed by atoms with Gasteiger partial charge in [-0.15, -0.1) is 0 Å². The van der Waals surface area contributed by atoms with Gasteiger partial charge in [-0.05, 0) is 24.3 Å². The van der Waals surface area contributed by atoms with Gasteiger partial charge in [0.2, 0.25) is 0 Å². The molecule has 4 nitrogen and oxygen atoms in total. The fraction of sp³-hybridized carbons (Fsp3) is 0.150. The second kappa shape index (κ2) is 7.33. The number of aromatic nitrogens is 1. The average Bonchev–Trinajstić information content (AvgIpc) is 3.03. The molecule has 0 N–H and O–H groups in total. The number of nitrogens with zero attached hydrogens (tertiary/aromatic N) is 1. The number of ether oxygens (including phenoxy) is 2. The standard InChI is InChI=1S/C20H15BrFNO3/c21-7-8-24-14-10-17(22)18(23-11-14)12-25-13-5-6-20-16(9-13)15-3-1-2-4-19(15)26-20/h1-6,9-11H,7-8,12H2. The Kier molecular flexibility index (Phi) is 4.75. The lowest BCUT2D eigenvalue weighted by Gasteiger charge is -2.08. The van der Waals surface area contributed by atoms with Crippen molar-refractivity contribution in [1.29, 1.82) is 0 Å². The largest absolute Gasteiger partial charge is 0.491 e. The first-order valence-corrected chi connectivity index (χ1v) is 9.24. The molecule has 0 amide bonds. The zero-order chi connectivity index (χ0) is 17.9. The average molecular weight is 416 g/mol. The Morgan fingerprint density at radius 1 is 0.962 bits per heavy atom. The number of hydrogen-bond acceptors (Lipinski definition) is 4. The van der Waals surface area contributed by atoms with Gasteiger partial charge < -0.3 is 13.9 Å². The summed E-state index contributed by atoms with van der Waals surface area (Å²) >= 11 is 3.25. The molecular weight excluding hydrogens is 401 g/mol. The van der Waals surface area contributed by atoms with Gasteiger partial charge in [-0.3, -0.25) is 4.98 Å². The Labute approximate surface area is 157 Å². The van der Waals surface area contributed by atoms with E-state index in [9.17, 15) is 4.39 Å². The van der Waals surface area contributed by atoms with Gasteiger partial charge in [0.05, 0.1) is 12.8 Å². The number of halogens is 2. The number of hydrogen-bond donors (Lipinski definition) is 0. The number of benzene rings is 2. The number of pyridine rings is 1. The van der Waals surface area contributed by atoms with Crippen molar-refractivity contribution in [2.75, 3.05) is 11.9 Å². The van der Waals surface area contributed by atoms with Crippen molar-refractivity contribution in [2.24, 2.45) is 0 Å². The molecule has 6 heteroatoms. The van der Waals surface area contributed by atoms with Gasteiger partial charge in [0.25, 0.3) is 0 Å². The molecule has 0 atom stereocenters. The van der Waals surface area contributed by atoms with Crippen LogP contribution in [0.1, 0.15) is 5.69 Å². The van der Waals surface area contributed by atoms with E-state index in [4.69, 9.17) is 13.9 Å². The van der Waals surface area contributed by atoms with Crippen LogP contribution in [0.4, 0.5) is 4.39 Å². The van der Waals surface area contributed by atoms with Crippen molar-refractivity contribution in [3.05, 3.63) is 66.2 Å². The summed E-state index contributed by atoms with van der Waals surface area (Å²) in [5.74, 6) is 0.578. The smallest absolute Gasteiger partial charge is 0.151 e. The molecule has 2 aromatic carbocycles. The molecule has 0 spiro atoms. The lowest BCUT2D eigenvalue weighted by atomic mass is 10.1. The van der Waals surface area contributed by atoms with Crippen molar-refractivity contribution < 1.29 is 18.3 Å². The van der Waals surface area contributed by atoms with Gasteiger partial charge in [0.15, 0.2) is 5.82 Å². The predicted molar refractivity (Wildman–Crippen MR) is 102 cm³/mol. The van der Waals surface area contributed by atoms with Crippen LogP contribution in [0.25, 0.3) is 21.9 Å². The Morgan fingerprint density at radius 2 is 1.81 bits per heavy atom. The summed E-state index contributed by atoms with van der Waals surface area (Å²) in [6.07, 6.45) is 1.50. The molecule has 4 rings (SSSR count). The zero-order valence-electron chi connectivity index (χ0n) is 13.7. The highest BCUT2D eigenvalue weighted by atomic mass is 79.9. The van der Waals surface area contributed by atoms with Gasteiger partial charge in [-0.2, -0.15) is 0 Å². The third-order valence-electron chi connectivity index (χ3n) is 3.96. The van der Waals surface area contributed by atoms with Crippen LogP contribution in [0.15, 0.2) is 59.1 Å². The van der Waals surface area contributed by atoms with Crippen molar-refractivity contribution in [3.63, 3.8) is 0 Å². The Morgan fingerprint density at radius 3 is 2.65 bits per heavy atom. The van der Waals surface area contributed by atoms with E-state index >= 15 is 0 Å². The van der Waals surface area contributed by atoms with Crippen molar-refractivity contribution >= 4 is 37.9 Å². The van der Waals surface area contributed by atoms with Crippen molar-refractivity contribution in [1.82, 2.24) is 4.98 Å². The summed E-state index contributed by atoms with van der Waals surface area (Å²) in [6, 6.07) is 14.7. The highest BCUT2D eigenvalue weighted by Crippen LogP contribution is 2.31. The molecule has 0 aliphatic rings. The van der Waals surface area contributed by atoms with Gasteiger partial charge in [0.1, 0.15) is 35.0 Å². The lowest BCUT2D eigenvalue weighted by Crippen LogP contribution is -2.04. The van der Waals surface area contributed by atoms with E-state index < -0.39 is 5.82 Å². The van der Waals surface area contributed by atoms with Gasteiger partial charge >= 0.3 is 0 Å². The molecule has 26 heavy (non-hydrogen) atoms. The molecule has 0 fully saturated rings. The maximum Gasteiger partial charge on any atom is 0.151 e. The molecule has 0 saturated carbocycles. The first-order chi connectivity index (χ1) is 12.7. The molecular formula is C20H15BrFNO3. The molecule has 0 radical (unpaired) electrons. The summed E-state index contributed by atoms with van der Waals surface area (Å²) in [5, 5.41) is 2.65. The number of para-hydroxylation sites is 1. The molecule has 2 heterocycles. The highest BCUT2D eigenvalue weighted by Gasteiger charge is 2.10. The third kappa shape index (κ3) is 3.37. The highest BCUT2D eigenvalue weighted by molar-refractivity contribution is 9.09. The minimum absolute atomic E-state index is 0.0336. The van der Waals surface area contributed by atoms with E-state index in [1.807, 2.05) is 36.4 Å². The summed E-state index contributed by atoms with van der Waals surface area (Å²) in [6.45, 7) is 0.488. The first kappa shape index (κ1) is 16.8. The molecule has 2 aromatic heterocycles. The summed E-state index contributed by atoms with van der Waals surface area (Å²) in [7, 11) is 0. The number of furan rings is 1. The number of rotatable bonds is 6. The molecule has 132 valence electrons. The second-order valence-corrected chi connectivity index (χ2v) is 6.47. The summed E-state index contributed by atoms with van der Waals surface area (Å²) in [5.41, 5.74) is 1.84. The van der Waals surface area contributed by atoms with E-state index in [1.54, 1.807) is 6.07 Å². The van der Waals surface area contributed by atoms with Crippen molar-refractivity contribution in [2.45, 2.75) is 6.61 Å². The van der Waals surface area contributed by atoms with E-state index in [0.29, 0.717) is 23.4 Å². The predicted octanol–water partition coefficient (Wildman–Crippen LogP) is 5.47. The zero-order valence-corrected chi connectivity index (χ0v) is 15.3. The Bertz CT molecular complexity index is 1060. The Hall–Kier alpha value is -2.60. The molecule has 0 bridgehead atoms. The molecule has 0 saturated heterocycles. The van der Waals surface area contributed by atoms with E-state index in [0.717, 1.165) is 21.9 Å². The minimum Gasteiger partial charge on any atom is -0.491 e. The number of fused-ring (bicyclic) bond motifs is 3.